The van der Waals surface area contributed by atoms with E-state index in [2.05, 4.69) is 4.98 Å². The average Bonchev–Trinajstić information content (AvgIpc) is 3.24. The van der Waals surface area contributed by atoms with Crippen LogP contribution in [-0.2, 0) is 12.7 Å². The predicted octanol–water partition coefficient (Wildman–Crippen LogP) is 3.55. The molecule has 0 saturated heterocycles. The summed E-state index contributed by atoms with van der Waals surface area (Å²) < 4.78 is 53.4. The third-order valence-corrected chi connectivity index (χ3v) is 5.11. The van der Waals surface area contributed by atoms with E-state index in [1.165, 1.54) is 12.1 Å². The molecule has 3 heterocycles. The number of hydrogen-bond acceptors (Lipinski definition) is 5. The summed E-state index contributed by atoms with van der Waals surface area (Å²) in [6.07, 6.45) is -4.85. The Hall–Kier alpha value is -4.08. The number of fused-ring (bicyclic) bond motifs is 2. The van der Waals surface area contributed by atoms with Crippen LogP contribution in [0.25, 0.3) is 22.3 Å². The molecule has 0 radical (unpaired) electrons. The molecule has 0 bridgehead atoms. The van der Waals surface area contributed by atoms with Crippen LogP contribution in [0.4, 0.5) is 13.2 Å². The number of ether oxygens (including phenoxy) is 2. The number of nitrogens with one attached hydrogen (secondary N) is 1. The first-order valence-corrected chi connectivity index (χ1v) is 9.50. The fourth-order valence-corrected chi connectivity index (χ4v) is 3.61. The Morgan fingerprint density at radius 3 is 2.50 bits per heavy atom. The normalized spacial score (nSPS) is 13.0. The van der Waals surface area contributed by atoms with Crippen molar-refractivity contribution in [2.75, 3.05) is 6.79 Å². The molecule has 162 valence electrons. The minimum Gasteiger partial charge on any atom is -0.454 e. The van der Waals surface area contributed by atoms with Crippen molar-refractivity contribution in [3.8, 4) is 22.8 Å². The number of rotatable bonds is 3. The zero-order chi connectivity index (χ0) is 22.5. The van der Waals surface area contributed by atoms with Crippen LogP contribution < -0.4 is 20.7 Å². The number of halogens is 3. The number of pyridine rings is 1. The van der Waals surface area contributed by atoms with E-state index < -0.39 is 28.4 Å². The minimum atomic E-state index is -4.85. The van der Waals surface area contributed by atoms with Gasteiger partial charge in [-0.25, -0.2) is 9.78 Å². The van der Waals surface area contributed by atoms with Crippen molar-refractivity contribution in [2.45, 2.75) is 12.7 Å². The molecule has 1 N–H and O–H groups in total. The van der Waals surface area contributed by atoms with Gasteiger partial charge >= 0.3 is 11.9 Å². The molecule has 0 spiro atoms. The standard InChI is InChI=1S/C22H14F3N3O4/c23-22(24,25)14-9-15(13-6-7-16-17(8-13)32-11-31-16)26-19-18(14)20(29)27-21(30)28(19)10-12-4-2-1-3-5-12/h1-9H,10-11H2,(H,27,29,30). The Kier molecular flexibility index (Phi) is 4.50. The Balaban J connectivity index is 1.81. The lowest BCUT2D eigenvalue weighted by molar-refractivity contribution is -0.136. The molecule has 0 amide bonds. The van der Waals surface area contributed by atoms with Gasteiger partial charge in [-0.05, 0) is 29.8 Å². The van der Waals surface area contributed by atoms with E-state index in [-0.39, 0.29) is 24.7 Å². The maximum absolute atomic E-state index is 14.0. The summed E-state index contributed by atoms with van der Waals surface area (Å²) in [5.41, 5.74) is -2.62. The minimum absolute atomic E-state index is 0.00370. The molecule has 7 nitrogen and oxygen atoms in total. The summed E-state index contributed by atoms with van der Waals surface area (Å²) in [6, 6.07) is 14.1. The summed E-state index contributed by atoms with van der Waals surface area (Å²) in [5, 5.41) is -0.697. The molecule has 2 aromatic carbocycles. The van der Waals surface area contributed by atoms with Crippen LogP contribution >= 0.6 is 0 Å². The second kappa shape index (κ2) is 7.26. The Bertz CT molecular complexity index is 1460. The molecule has 5 rings (SSSR count). The molecule has 0 fully saturated rings. The summed E-state index contributed by atoms with van der Waals surface area (Å²) in [6.45, 7) is -0.0639. The zero-order valence-corrected chi connectivity index (χ0v) is 16.3. The van der Waals surface area contributed by atoms with Crippen molar-refractivity contribution in [2.24, 2.45) is 0 Å². The average molecular weight is 441 g/mol. The van der Waals surface area contributed by atoms with E-state index >= 15 is 0 Å². The van der Waals surface area contributed by atoms with Gasteiger partial charge in [0, 0.05) is 5.56 Å². The van der Waals surface area contributed by atoms with E-state index in [1.54, 1.807) is 36.4 Å². The van der Waals surface area contributed by atoms with Crippen molar-refractivity contribution < 1.29 is 22.6 Å². The highest BCUT2D eigenvalue weighted by Gasteiger charge is 2.36. The molecule has 1 aliphatic rings. The van der Waals surface area contributed by atoms with Gasteiger partial charge in [-0.1, -0.05) is 30.3 Å². The van der Waals surface area contributed by atoms with Gasteiger partial charge < -0.3 is 9.47 Å². The number of nitrogens with zero attached hydrogens (tertiary/aromatic N) is 2. The fourth-order valence-electron chi connectivity index (χ4n) is 3.61. The Labute approximate surface area is 177 Å². The number of hydrogen-bond donors (Lipinski definition) is 1. The predicted molar refractivity (Wildman–Crippen MR) is 109 cm³/mol. The van der Waals surface area contributed by atoms with Gasteiger partial charge in [0.05, 0.1) is 23.2 Å². The van der Waals surface area contributed by atoms with Crippen molar-refractivity contribution in [1.82, 2.24) is 14.5 Å². The molecule has 0 saturated carbocycles. The SMILES string of the molecule is O=c1[nH]c(=O)n(Cc2ccccc2)c2nc(-c3ccc4c(c3)OCO4)cc(C(F)(F)F)c12. The molecule has 0 aliphatic carbocycles. The van der Waals surface area contributed by atoms with Crippen LogP contribution in [0.3, 0.4) is 0 Å². The maximum atomic E-state index is 14.0. The molecule has 1 aliphatic heterocycles. The van der Waals surface area contributed by atoms with Crippen LogP contribution in [0.15, 0.2) is 64.2 Å². The molecular formula is C22H14F3N3O4. The van der Waals surface area contributed by atoms with Gasteiger partial charge in [0.25, 0.3) is 5.56 Å². The molecule has 32 heavy (non-hydrogen) atoms. The van der Waals surface area contributed by atoms with Gasteiger partial charge in [-0.2, -0.15) is 13.2 Å². The topological polar surface area (TPSA) is 86.2 Å². The Morgan fingerprint density at radius 2 is 1.75 bits per heavy atom. The number of aromatic amines is 1. The third kappa shape index (κ3) is 3.39. The lowest BCUT2D eigenvalue weighted by atomic mass is 10.1. The smallest absolute Gasteiger partial charge is 0.417 e. The fraction of sp³-hybridized carbons (Fsp3) is 0.136. The first-order valence-electron chi connectivity index (χ1n) is 9.50. The van der Waals surface area contributed by atoms with Crippen LogP contribution in [0.5, 0.6) is 11.5 Å². The van der Waals surface area contributed by atoms with Gasteiger partial charge in [0.15, 0.2) is 17.1 Å². The molecular weight excluding hydrogens is 427 g/mol. The second-order valence-electron chi connectivity index (χ2n) is 7.15. The van der Waals surface area contributed by atoms with E-state index in [0.29, 0.717) is 22.6 Å². The highest BCUT2D eigenvalue weighted by Crippen LogP contribution is 2.38. The van der Waals surface area contributed by atoms with Crippen LogP contribution in [0.1, 0.15) is 11.1 Å². The number of H-pyrrole nitrogens is 1. The maximum Gasteiger partial charge on any atom is 0.417 e. The molecule has 10 heteroatoms. The number of aromatic nitrogens is 3. The summed E-state index contributed by atoms with van der Waals surface area (Å²) in [4.78, 5) is 31.3. The number of benzene rings is 2. The van der Waals surface area contributed by atoms with E-state index in [9.17, 15) is 22.8 Å². The second-order valence-corrected chi connectivity index (χ2v) is 7.15. The lowest BCUT2D eigenvalue weighted by Gasteiger charge is -2.15. The summed E-state index contributed by atoms with van der Waals surface area (Å²) in [5.74, 6) is 0.827. The van der Waals surface area contributed by atoms with Crippen LogP contribution in [-0.4, -0.2) is 21.3 Å². The largest absolute Gasteiger partial charge is 0.454 e. The van der Waals surface area contributed by atoms with Gasteiger partial charge in [0.1, 0.15) is 0 Å². The van der Waals surface area contributed by atoms with Crippen molar-refractivity contribution >= 4 is 11.0 Å². The lowest BCUT2D eigenvalue weighted by Crippen LogP contribution is -2.32. The molecule has 0 unspecified atom stereocenters. The van der Waals surface area contributed by atoms with Crippen molar-refractivity contribution in [3.63, 3.8) is 0 Å². The summed E-state index contributed by atoms with van der Waals surface area (Å²) in [7, 11) is 0. The zero-order valence-electron chi connectivity index (χ0n) is 16.3. The highest BCUT2D eigenvalue weighted by molar-refractivity contribution is 5.83. The van der Waals surface area contributed by atoms with Crippen molar-refractivity contribution in [3.05, 3.63) is 86.6 Å². The first kappa shape index (κ1) is 19.9. The van der Waals surface area contributed by atoms with Gasteiger partial charge in [-0.15, -0.1) is 0 Å². The Morgan fingerprint density at radius 1 is 1.00 bits per heavy atom. The highest BCUT2D eigenvalue weighted by atomic mass is 19.4. The van der Waals surface area contributed by atoms with Crippen molar-refractivity contribution in [1.29, 1.82) is 0 Å². The number of alkyl halides is 3. The van der Waals surface area contributed by atoms with E-state index in [0.717, 1.165) is 10.6 Å². The molecule has 2 aromatic heterocycles. The monoisotopic (exact) mass is 441 g/mol. The molecule has 0 atom stereocenters. The third-order valence-electron chi connectivity index (χ3n) is 5.11. The molecule has 4 aromatic rings. The van der Waals surface area contributed by atoms with E-state index in [1.807, 2.05) is 4.98 Å². The van der Waals surface area contributed by atoms with Gasteiger partial charge in [-0.3, -0.25) is 14.3 Å². The quantitative estimate of drug-likeness (QED) is 0.526. The first-order chi connectivity index (χ1) is 15.3. The van der Waals surface area contributed by atoms with Gasteiger partial charge in [0.2, 0.25) is 6.79 Å². The van der Waals surface area contributed by atoms with Crippen LogP contribution in [0, 0.1) is 0 Å². The summed E-state index contributed by atoms with van der Waals surface area (Å²) >= 11 is 0. The van der Waals surface area contributed by atoms with E-state index in [4.69, 9.17) is 9.47 Å². The van der Waals surface area contributed by atoms with Crippen LogP contribution in [0.2, 0.25) is 0 Å².